The van der Waals surface area contributed by atoms with Gasteiger partial charge in [-0.15, -0.1) is 0 Å². The molecule has 0 saturated carbocycles. The maximum Gasteiger partial charge on any atom is 0.109 e. The van der Waals surface area contributed by atoms with Gasteiger partial charge in [0.05, 0.1) is 12.1 Å². The summed E-state index contributed by atoms with van der Waals surface area (Å²) in [5.74, 6) is 0.578. The van der Waals surface area contributed by atoms with Gasteiger partial charge in [-0.2, -0.15) is 5.26 Å². The highest BCUT2D eigenvalue weighted by molar-refractivity contribution is 5.09. The third-order valence-electron chi connectivity index (χ3n) is 1.69. The molecule has 0 aromatic rings. The Morgan fingerprint density at radius 2 is 2.18 bits per heavy atom. The molecule has 1 rings (SSSR count). The van der Waals surface area contributed by atoms with Gasteiger partial charge in [-0.3, -0.25) is 0 Å². The van der Waals surface area contributed by atoms with Crippen LogP contribution in [0.5, 0.6) is 0 Å². The second-order valence-electron chi connectivity index (χ2n) is 2.44. The summed E-state index contributed by atoms with van der Waals surface area (Å²) >= 11 is 0. The third-order valence-corrected chi connectivity index (χ3v) is 1.69. The van der Waals surface area contributed by atoms with E-state index >= 15 is 0 Å². The van der Waals surface area contributed by atoms with Crippen LogP contribution in [-0.2, 0) is 0 Å². The highest BCUT2D eigenvalue weighted by atomic mass is 15.2. The van der Waals surface area contributed by atoms with Crippen LogP contribution in [0.2, 0.25) is 0 Å². The summed E-state index contributed by atoms with van der Waals surface area (Å²) in [4.78, 5) is 2.00. The Labute approximate surface area is 66.3 Å². The van der Waals surface area contributed by atoms with Gasteiger partial charge >= 0.3 is 0 Å². The van der Waals surface area contributed by atoms with Gasteiger partial charge in [0, 0.05) is 26.2 Å². The second kappa shape index (κ2) is 3.84. The van der Waals surface area contributed by atoms with Crippen molar-refractivity contribution in [2.24, 2.45) is 5.73 Å². The van der Waals surface area contributed by atoms with Gasteiger partial charge in [-0.05, 0) is 0 Å². The van der Waals surface area contributed by atoms with Gasteiger partial charge < -0.3 is 16.0 Å². The van der Waals surface area contributed by atoms with E-state index in [1.54, 1.807) is 0 Å². The number of nitrogens with two attached hydrogens (primary N) is 1. The summed E-state index contributed by atoms with van der Waals surface area (Å²) in [5, 5.41) is 11.5. The molecule has 0 aromatic heterocycles. The molecule has 4 nitrogen and oxygen atoms in total. The van der Waals surface area contributed by atoms with Crippen molar-refractivity contribution in [2.75, 3.05) is 26.2 Å². The average Bonchev–Trinajstić information content (AvgIpc) is 2.07. The number of nitriles is 1. The van der Waals surface area contributed by atoms with Gasteiger partial charge in [0.25, 0.3) is 0 Å². The molecule has 1 aliphatic rings. The smallest absolute Gasteiger partial charge is 0.109 e. The summed E-state index contributed by atoms with van der Waals surface area (Å²) in [7, 11) is 0. The van der Waals surface area contributed by atoms with Crippen LogP contribution in [0.3, 0.4) is 0 Å². The van der Waals surface area contributed by atoms with Crippen molar-refractivity contribution in [3.63, 3.8) is 0 Å². The van der Waals surface area contributed by atoms with Gasteiger partial charge in [0.1, 0.15) is 5.82 Å². The minimum atomic E-state index is 0.578. The van der Waals surface area contributed by atoms with Crippen molar-refractivity contribution in [2.45, 2.75) is 0 Å². The summed E-state index contributed by atoms with van der Waals surface area (Å²) in [6.45, 7) is 3.67. The Hall–Kier alpha value is -1.21. The zero-order valence-corrected chi connectivity index (χ0v) is 6.38. The topological polar surface area (TPSA) is 65.1 Å². The molecule has 3 N–H and O–H groups in total. The van der Waals surface area contributed by atoms with E-state index in [1.165, 1.54) is 6.08 Å². The van der Waals surface area contributed by atoms with Crippen LogP contribution < -0.4 is 11.1 Å². The van der Waals surface area contributed by atoms with Crippen LogP contribution in [-0.4, -0.2) is 31.1 Å². The fourth-order valence-electron chi connectivity index (χ4n) is 1.08. The number of allylic oxidation sites excluding steroid dienone is 1. The zero-order valence-electron chi connectivity index (χ0n) is 6.38. The van der Waals surface area contributed by atoms with Crippen molar-refractivity contribution in [1.29, 1.82) is 5.26 Å². The Kier molecular flexibility index (Phi) is 2.75. The molecular formula is C7H12N4. The normalized spacial score (nSPS) is 19.5. The lowest BCUT2D eigenvalue weighted by molar-refractivity contribution is 0.296. The molecule has 0 aliphatic carbocycles. The van der Waals surface area contributed by atoms with Crippen molar-refractivity contribution in [1.82, 2.24) is 10.2 Å². The van der Waals surface area contributed by atoms with Crippen molar-refractivity contribution >= 4 is 0 Å². The Morgan fingerprint density at radius 3 is 2.73 bits per heavy atom. The Balaban J connectivity index is 2.46. The molecule has 0 radical (unpaired) electrons. The number of nitrogens with zero attached hydrogens (tertiary/aromatic N) is 2. The van der Waals surface area contributed by atoms with E-state index in [4.69, 9.17) is 11.0 Å². The van der Waals surface area contributed by atoms with Crippen LogP contribution in [0.4, 0.5) is 0 Å². The number of rotatable bonds is 1. The van der Waals surface area contributed by atoms with Crippen molar-refractivity contribution < 1.29 is 0 Å². The van der Waals surface area contributed by atoms with Crippen LogP contribution in [0, 0.1) is 11.3 Å². The average molecular weight is 152 g/mol. The molecule has 1 heterocycles. The first kappa shape index (κ1) is 7.89. The quantitative estimate of drug-likeness (QED) is 0.483. The standard InChI is InChI=1S/C7H12N4/c8-2-1-7(9)11-5-3-10-4-6-11/h1,10H,3-6,9H2/b7-1+. The molecule has 4 heteroatoms. The molecule has 1 fully saturated rings. The molecule has 0 unspecified atom stereocenters. The predicted octanol–water partition coefficient (Wildman–Crippen LogP) is -0.785. The van der Waals surface area contributed by atoms with Crippen LogP contribution in [0.15, 0.2) is 11.9 Å². The van der Waals surface area contributed by atoms with Crippen LogP contribution >= 0.6 is 0 Å². The van der Waals surface area contributed by atoms with Gasteiger partial charge in [0.2, 0.25) is 0 Å². The summed E-state index contributed by atoms with van der Waals surface area (Å²) < 4.78 is 0. The van der Waals surface area contributed by atoms with E-state index in [0.29, 0.717) is 5.82 Å². The first-order valence-electron chi connectivity index (χ1n) is 3.65. The molecule has 1 saturated heterocycles. The van der Waals surface area contributed by atoms with E-state index in [0.717, 1.165) is 26.2 Å². The van der Waals surface area contributed by atoms with Crippen LogP contribution in [0.1, 0.15) is 0 Å². The first-order chi connectivity index (χ1) is 5.34. The molecular weight excluding hydrogens is 140 g/mol. The van der Waals surface area contributed by atoms with Gasteiger partial charge in [0.15, 0.2) is 0 Å². The molecule has 0 bridgehead atoms. The van der Waals surface area contributed by atoms with Crippen molar-refractivity contribution in [3.8, 4) is 6.07 Å². The fraction of sp³-hybridized carbons (Fsp3) is 0.571. The molecule has 0 aromatic carbocycles. The summed E-state index contributed by atoms with van der Waals surface area (Å²) in [6, 6.07) is 1.92. The molecule has 0 atom stereocenters. The highest BCUT2D eigenvalue weighted by Crippen LogP contribution is 1.97. The first-order valence-corrected chi connectivity index (χ1v) is 3.65. The lowest BCUT2D eigenvalue weighted by atomic mass is 10.3. The molecule has 1 aliphatic heterocycles. The highest BCUT2D eigenvalue weighted by Gasteiger charge is 2.09. The predicted molar refractivity (Wildman–Crippen MR) is 42.3 cm³/mol. The van der Waals surface area contributed by atoms with Crippen LogP contribution in [0.25, 0.3) is 0 Å². The lowest BCUT2D eigenvalue weighted by Crippen LogP contribution is -2.44. The second-order valence-corrected chi connectivity index (χ2v) is 2.44. The zero-order chi connectivity index (χ0) is 8.10. The Bertz CT molecular complexity index is 185. The van der Waals surface area contributed by atoms with E-state index < -0.39 is 0 Å². The number of piperazine rings is 1. The minimum Gasteiger partial charge on any atom is -0.385 e. The third kappa shape index (κ3) is 2.13. The molecule has 11 heavy (non-hydrogen) atoms. The van der Waals surface area contributed by atoms with Gasteiger partial charge in [-0.25, -0.2) is 0 Å². The maximum absolute atomic E-state index is 8.32. The number of hydrogen-bond donors (Lipinski definition) is 2. The maximum atomic E-state index is 8.32. The molecule has 60 valence electrons. The van der Waals surface area contributed by atoms with E-state index in [9.17, 15) is 0 Å². The monoisotopic (exact) mass is 152 g/mol. The lowest BCUT2D eigenvalue weighted by Gasteiger charge is -2.28. The number of hydrogen-bond acceptors (Lipinski definition) is 4. The SMILES string of the molecule is N#C/C=C(\N)N1CCNCC1. The molecule has 0 amide bonds. The summed E-state index contributed by atoms with van der Waals surface area (Å²) in [6.07, 6.45) is 1.38. The minimum absolute atomic E-state index is 0.578. The molecule has 0 spiro atoms. The fourth-order valence-corrected chi connectivity index (χ4v) is 1.08. The number of nitrogens with one attached hydrogen (secondary N) is 1. The largest absolute Gasteiger partial charge is 0.385 e. The van der Waals surface area contributed by atoms with Gasteiger partial charge in [-0.1, -0.05) is 0 Å². The van der Waals surface area contributed by atoms with Crippen molar-refractivity contribution in [3.05, 3.63) is 11.9 Å². The van der Waals surface area contributed by atoms with E-state index in [-0.39, 0.29) is 0 Å². The Morgan fingerprint density at radius 1 is 1.55 bits per heavy atom. The summed E-state index contributed by atoms with van der Waals surface area (Å²) in [5.41, 5.74) is 5.60. The van der Waals surface area contributed by atoms with E-state index in [2.05, 4.69) is 5.32 Å². The van der Waals surface area contributed by atoms with E-state index in [1.807, 2.05) is 11.0 Å².